The Labute approximate surface area is 118 Å². The predicted octanol–water partition coefficient (Wildman–Crippen LogP) is 3.91. The molecule has 1 aliphatic rings. The molecule has 1 N–H and O–H groups in total. The fourth-order valence-electron chi connectivity index (χ4n) is 2.73. The van der Waals surface area contributed by atoms with Gasteiger partial charge in [0.05, 0.1) is 0 Å². The maximum Gasteiger partial charge on any atom is 0.129 e. The van der Waals surface area contributed by atoms with Crippen molar-refractivity contribution >= 4 is 15.9 Å². The van der Waals surface area contributed by atoms with Crippen molar-refractivity contribution in [1.29, 1.82) is 0 Å². The van der Waals surface area contributed by atoms with E-state index in [1.807, 2.05) is 0 Å². The standard InChI is InChI=1S/C15H11BrF2O/c16-9-4-5-14(18)12(8-9)15(19)7-6-10-11(15)2-1-3-13(10)17/h1-5,8,19H,6-7H2. The van der Waals surface area contributed by atoms with Crippen molar-refractivity contribution in [3.8, 4) is 0 Å². The minimum atomic E-state index is -1.45. The zero-order chi connectivity index (χ0) is 13.6. The number of fused-ring (bicyclic) bond motifs is 1. The molecule has 0 aromatic heterocycles. The summed E-state index contributed by atoms with van der Waals surface area (Å²) in [5.41, 5.74) is -0.328. The van der Waals surface area contributed by atoms with E-state index in [-0.39, 0.29) is 17.8 Å². The number of rotatable bonds is 1. The largest absolute Gasteiger partial charge is 0.380 e. The van der Waals surface area contributed by atoms with Crippen LogP contribution in [0, 0.1) is 11.6 Å². The second kappa shape index (κ2) is 4.39. The van der Waals surface area contributed by atoms with E-state index in [1.54, 1.807) is 24.3 Å². The highest BCUT2D eigenvalue weighted by molar-refractivity contribution is 9.10. The second-order valence-electron chi connectivity index (χ2n) is 4.75. The van der Waals surface area contributed by atoms with Crippen molar-refractivity contribution in [3.05, 3.63) is 69.2 Å². The summed E-state index contributed by atoms with van der Waals surface area (Å²) in [5.74, 6) is -0.827. The summed E-state index contributed by atoms with van der Waals surface area (Å²) in [6.45, 7) is 0. The van der Waals surface area contributed by atoms with Crippen molar-refractivity contribution < 1.29 is 13.9 Å². The van der Waals surface area contributed by atoms with E-state index in [0.29, 0.717) is 22.0 Å². The summed E-state index contributed by atoms with van der Waals surface area (Å²) in [7, 11) is 0. The van der Waals surface area contributed by atoms with Gasteiger partial charge in [-0.15, -0.1) is 0 Å². The van der Waals surface area contributed by atoms with E-state index in [9.17, 15) is 13.9 Å². The average Bonchev–Trinajstić information content (AvgIpc) is 2.73. The summed E-state index contributed by atoms with van der Waals surface area (Å²) in [5, 5.41) is 10.8. The highest BCUT2D eigenvalue weighted by Crippen LogP contribution is 2.44. The maximum atomic E-state index is 14.0. The van der Waals surface area contributed by atoms with Crippen molar-refractivity contribution in [1.82, 2.24) is 0 Å². The molecule has 0 saturated heterocycles. The summed E-state index contributed by atoms with van der Waals surface area (Å²) >= 11 is 3.27. The van der Waals surface area contributed by atoms with Gasteiger partial charge >= 0.3 is 0 Å². The first-order valence-electron chi connectivity index (χ1n) is 5.98. The van der Waals surface area contributed by atoms with Crippen LogP contribution in [0.25, 0.3) is 0 Å². The van der Waals surface area contributed by atoms with Crippen LogP contribution < -0.4 is 0 Å². The van der Waals surface area contributed by atoms with Gasteiger partial charge in [0, 0.05) is 10.0 Å². The van der Waals surface area contributed by atoms with Crippen molar-refractivity contribution in [2.24, 2.45) is 0 Å². The molecule has 0 aliphatic heterocycles. The minimum absolute atomic E-state index is 0.186. The van der Waals surface area contributed by atoms with Gasteiger partial charge in [0.1, 0.15) is 17.2 Å². The van der Waals surface area contributed by atoms with Crippen LogP contribution in [0.4, 0.5) is 8.78 Å². The first-order chi connectivity index (χ1) is 9.02. The van der Waals surface area contributed by atoms with Gasteiger partial charge in [-0.05, 0) is 48.2 Å². The summed E-state index contributed by atoms with van der Waals surface area (Å²) in [6.07, 6.45) is 0.696. The zero-order valence-corrected chi connectivity index (χ0v) is 11.5. The van der Waals surface area contributed by atoms with E-state index in [4.69, 9.17) is 0 Å². The molecule has 1 atom stereocenters. The Bertz CT molecular complexity index is 657. The fourth-order valence-corrected chi connectivity index (χ4v) is 3.10. The molecular formula is C15H11BrF2O. The molecule has 0 saturated carbocycles. The van der Waals surface area contributed by atoms with Gasteiger partial charge in [0.2, 0.25) is 0 Å². The van der Waals surface area contributed by atoms with Gasteiger partial charge in [-0.3, -0.25) is 0 Å². The van der Waals surface area contributed by atoms with Crippen LogP contribution in [-0.4, -0.2) is 5.11 Å². The molecule has 2 aromatic carbocycles. The second-order valence-corrected chi connectivity index (χ2v) is 5.67. The molecule has 0 amide bonds. The van der Waals surface area contributed by atoms with Crippen LogP contribution >= 0.6 is 15.9 Å². The normalized spacial score (nSPS) is 21.5. The molecule has 0 fully saturated rings. The van der Waals surface area contributed by atoms with Crippen molar-refractivity contribution in [3.63, 3.8) is 0 Å². The van der Waals surface area contributed by atoms with Crippen LogP contribution in [0.1, 0.15) is 23.1 Å². The Morgan fingerprint density at radius 3 is 2.63 bits per heavy atom. The molecule has 0 heterocycles. The molecule has 1 nitrogen and oxygen atoms in total. The van der Waals surface area contributed by atoms with Crippen LogP contribution in [-0.2, 0) is 12.0 Å². The number of halogens is 3. The van der Waals surface area contributed by atoms with E-state index in [2.05, 4.69) is 15.9 Å². The zero-order valence-electron chi connectivity index (χ0n) is 9.96. The summed E-state index contributed by atoms with van der Waals surface area (Å²) in [4.78, 5) is 0. The summed E-state index contributed by atoms with van der Waals surface area (Å²) < 4.78 is 28.4. The van der Waals surface area contributed by atoms with Gasteiger partial charge in [0.15, 0.2) is 0 Å². The van der Waals surface area contributed by atoms with Crippen LogP contribution in [0.5, 0.6) is 0 Å². The molecular weight excluding hydrogens is 314 g/mol. The van der Waals surface area contributed by atoms with E-state index in [0.717, 1.165) is 0 Å². The van der Waals surface area contributed by atoms with Crippen molar-refractivity contribution in [2.75, 3.05) is 0 Å². The monoisotopic (exact) mass is 324 g/mol. The fraction of sp³-hybridized carbons (Fsp3) is 0.200. The minimum Gasteiger partial charge on any atom is -0.380 e. The Morgan fingerprint density at radius 1 is 1.05 bits per heavy atom. The van der Waals surface area contributed by atoms with Crippen molar-refractivity contribution in [2.45, 2.75) is 18.4 Å². The van der Waals surface area contributed by atoms with E-state index in [1.165, 1.54) is 12.1 Å². The Morgan fingerprint density at radius 2 is 1.84 bits per heavy atom. The third-order valence-corrected chi connectivity index (χ3v) is 4.17. The molecule has 1 aliphatic carbocycles. The van der Waals surface area contributed by atoms with Crippen LogP contribution in [0.15, 0.2) is 40.9 Å². The quantitative estimate of drug-likeness (QED) is 0.843. The molecule has 3 rings (SSSR count). The predicted molar refractivity (Wildman–Crippen MR) is 71.8 cm³/mol. The van der Waals surface area contributed by atoms with Crippen LogP contribution in [0.3, 0.4) is 0 Å². The third kappa shape index (κ3) is 1.90. The molecule has 0 spiro atoms. The SMILES string of the molecule is OC1(c2cc(Br)ccc2F)CCc2c(F)cccc21. The molecule has 0 radical (unpaired) electrons. The Hall–Kier alpha value is -1.26. The van der Waals surface area contributed by atoms with Gasteiger partial charge in [-0.2, -0.15) is 0 Å². The lowest BCUT2D eigenvalue weighted by atomic mass is 9.87. The number of hydrogen-bond acceptors (Lipinski definition) is 1. The summed E-state index contributed by atoms with van der Waals surface area (Å²) in [6, 6.07) is 8.99. The van der Waals surface area contributed by atoms with Gasteiger partial charge in [-0.1, -0.05) is 28.1 Å². The van der Waals surface area contributed by atoms with E-state index < -0.39 is 11.4 Å². The average molecular weight is 325 g/mol. The number of aliphatic hydroxyl groups is 1. The number of benzene rings is 2. The van der Waals surface area contributed by atoms with Gasteiger partial charge < -0.3 is 5.11 Å². The van der Waals surface area contributed by atoms with Gasteiger partial charge in [0.25, 0.3) is 0 Å². The Balaban J connectivity index is 2.22. The molecule has 0 bridgehead atoms. The Kier molecular flexibility index (Phi) is 2.95. The lowest BCUT2D eigenvalue weighted by molar-refractivity contribution is 0.0788. The topological polar surface area (TPSA) is 20.2 Å². The number of hydrogen-bond donors (Lipinski definition) is 1. The first-order valence-corrected chi connectivity index (χ1v) is 6.77. The van der Waals surface area contributed by atoms with Gasteiger partial charge in [-0.25, -0.2) is 8.78 Å². The molecule has 98 valence electrons. The molecule has 1 unspecified atom stereocenters. The highest BCUT2D eigenvalue weighted by Gasteiger charge is 2.41. The van der Waals surface area contributed by atoms with Crippen LogP contribution in [0.2, 0.25) is 0 Å². The smallest absolute Gasteiger partial charge is 0.129 e. The molecule has 2 aromatic rings. The lowest BCUT2D eigenvalue weighted by Gasteiger charge is -2.25. The van der Waals surface area contributed by atoms with E-state index >= 15 is 0 Å². The lowest BCUT2D eigenvalue weighted by Crippen LogP contribution is -2.25. The first kappa shape index (κ1) is 12.8. The molecule has 19 heavy (non-hydrogen) atoms. The maximum absolute atomic E-state index is 14.0. The third-order valence-electron chi connectivity index (χ3n) is 3.68. The molecule has 4 heteroatoms. The highest BCUT2D eigenvalue weighted by atomic mass is 79.9.